The number of para-hydroxylation sites is 2. The van der Waals surface area contributed by atoms with Crippen LogP contribution in [0.15, 0.2) is 76.5 Å². The van der Waals surface area contributed by atoms with Gasteiger partial charge in [0.1, 0.15) is 5.75 Å². The SMILES string of the molecule is COc1ccccc1NS(=O)(=O)c1cc(NS(=O)(=O)c2ccc(C)cc2)ccc1C. The molecule has 2 N–H and O–H groups in total. The summed E-state index contributed by atoms with van der Waals surface area (Å²) in [5.41, 5.74) is 1.82. The number of anilines is 2. The first-order valence-corrected chi connectivity index (χ1v) is 11.9. The van der Waals surface area contributed by atoms with Gasteiger partial charge >= 0.3 is 0 Å². The Balaban J connectivity index is 1.94. The van der Waals surface area contributed by atoms with Gasteiger partial charge in [0.15, 0.2) is 0 Å². The lowest BCUT2D eigenvalue weighted by molar-refractivity contribution is 0.417. The number of rotatable bonds is 7. The second kappa shape index (κ2) is 8.37. The number of nitrogens with one attached hydrogen (secondary N) is 2. The van der Waals surface area contributed by atoms with Gasteiger partial charge in [-0.2, -0.15) is 0 Å². The van der Waals surface area contributed by atoms with Crippen molar-refractivity contribution in [3.05, 3.63) is 77.9 Å². The van der Waals surface area contributed by atoms with Gasteiger partial charge in [-0.1, -0.05) is 35.9 Å². The van der Waals surface area contributed by atoms with Crippen molar-refractivity contribution in [2.75, 3.05) is 16.6 Å². The third-order valence-electron chi connectivity index (χ3n) is 4.41. The van der Waals surface area contributed by atoms with E-state index in [1.807, 2.05) is 6.92 Å². The number of hydrogen-bond donors (Lipinski definition) is 2. The molecule has 3 rings (SSSR count). The minimum atomic E-state index is -3.99. The van der Waals surface area contributed by atoms with Crippen LogP contribution in [0.1, 0.15) is 11.1 Å². The zero-order valence-corrected chi connectivity index (χ0v) is 18.3. The van der Waals surface area contributed by atoms with Gasteiger partial charge in [-0.3, -0.25) is 9.44 Å². The summed E-state index contributed by atoms with van der Waals surface area (Å²) in [7, 11) is -6.41. The first kappa shape index (κ1) is 21.7. The van der Waals surface area contributed by atoms with E-state index < -0.39 is 20.0 Å². The predicted molar refractivity (Wildman–Crippen MR) is 117 cm³/mol. The molecular formula is C21H22N2O5S2. The third kappa shape index (κ3) is 4.74. The largest absolute Gasteiger partial charge is 0.495 e. The van der Waals surface area contributed by atoms with Crippen molar-refractivity contribution in [1.29, 1.82) is 0 Å². The number of sulfonamides is 2. The van der Waals surface area contributed by atoms with Crippen molar-refractivity contribution in [3.8, 4) is 5.75 Å². The highest BCUT2D eigenvalue weighted by atomic mass is 32.2. The van der Waals surface area contributed by atoms with Crippen LogP contribution in [0.5, 0.6) is 5.75 Å². The van der Waals surface area contributed by atoms with Crippen molar-refractivity contribution < 1.29 is 21.6 Å². The fourth-order valence-corrected chi connectivity index (χ4v) is 5.20. The van der Waals surface area contributed by atoms with Gasteiger partial charge in [0.2, 0.25) is 0 Å². The van der Waals surface area contributed by atoms with Crippen molar-refractivity contribution in [1.82, 2.24) is 0 Å². The second-order valence-electron chi connectivity index (χ2n) is 6.70. The summed E-state index contributed by atoms with van der Waals surface area (Å²) in [6.45, 7) is 3.49. The fourth-order valence-electron chi connectivity index (χ4n) is 2.81. The molecule has 0 atom stereocenters. The Labute approximate surface area is 176 Å². The molecule has 7 nitrogen and oxygen atoms in total. The quantitative estimate of drug-likeness (QED) is 0.573. The Kier molecular flexibility index (Phi) is 6.04. The van der Waals surface area contributed by atoms with Crippen LogP contribution in [0.25, 0.3) is 0 Å². The second-order valence-corrected chi connectivity index (χ2v) is 10.0. The van der Waals surface area contributed by atoms with Crippen LogP contribution in [0.4, 0.5) is 11.4 Å². The lowest BCUT2D eigenvalue weighted by Gasteiger charge is -2.15. The van der Waals surface area contributed by atoms with Crippen LogP contribution in [0.3, 0.4) is 0 Å². The maximum absolute atomic E-state index is 13.0. The summed E-state index contributed by atoms with van der Waals surface area (Å²) < 4.78 is 61.3. The molecule has 0 amide bonds. The molecule has 0 bridgehead atoms. The number of benzene rings is 3. The Morgan fingerprint density at radius 2 is 1.43 bits per heavy atom. The van der Waals surface area contributed by atoms with E-state index in [1.165, 1.54) is 31.4 Å². The van der Waals surface area contributed by atoms with Gasteiger partial charge in [0, 0.05) is 0 Å². The van der Waals surface area contributed by atoms with Crippen LogP contribution in [-0.2, 0) is 20.0 Å². The zero-order valence-electron chi connectivity index (χ0n) is 16.7. The van der Waals surface area contributed by atoms with Crippen LogP contribution in [0, 0.1) is 13.8 Å². The van der Waals surface area contributed by atoms with E-state index in [0.29, 0.717) is 11.3 Å². The van der Waals surface area contributed by atoms with E-state index in [2.05, 4.69) is 9.44 Å². The number of methoxy groups -OCH3 is 1. The van der Waals surface area contributed by atoms with Gasteiger partial charge in [-0.05, 0) is 55.8 Å². The Bertz CT molecular complexity index is 1270. The van der Waals surface area contributed by atoms with Crippen LogP contribution >= 0.6 is 0 Å². The van der Waals surface area contributed by atoms with Crippen LogP contribution in [0.2, 0.25) is 0 Å². The standard InChI is InChI=1S/C21H22N2O5S2/c1-15-8-12-18(13-9-15)29(24,25)22-17-11-10-16(2)21(14-17)30(26,27)23-19-6-4-5-7-20(19)28-3/h4-14,22-23H,1-3H3. The molecule has 0 aliphatic heterocycles. The molecule has 0 heterocycles. The first-order chi connectivity index (χ1) is 14.1. The van der Waals surface area contributed by atoms with Crippen molar-refractivity contribution in [3.63, 3.8) is 0 Å². The molecule has 0 saturated heterocycles. The van der Waals surface area contributed by atoms with Gasteiger partial charge in [-0.25, -0.2) is 16.8 Å². The highest BCUT2D eigenvalue weighted by molar-refractivity contribution is 7.93. The van der Waals surface area contributed by atoms with Gasteiger partial charge in [-0.15, -0.1) is 0 Å². The summed E-state index contributed by atoms with van der Waals surface area (Å²) in [6, 6.07) is 17.3. The maximum Gasteiger partial charge on any atom is 0.262 e. The number of aryl methyl sites for hydroxylation is 2. The molecule has 0 saturated carbocycles. The third-order valence-corrected chi connectivity index (χ3v) is 7.32. The molecule has 0 aliphatic rings. The van der Waals surface area contributed by atoms with E-state index in [0.717, 1.165) is 5.56 Å². The molecule has 0 radical (unpaired) electrons. The van der Waals surface area contributed by atoms with Crippen LogP contribution < -0.4 is 14.2 Å². The average molecular weight is 447 g/mol. The fraction of sp³-hybridized carbons (Fsp3) is 0.143. The van der Waals surface area contributed by atoms with Gasteiger partial charge < -0.3 is 4.74 Å². The van der Waals surface area contributed by atoms with E-state index in [1.54, 1.807) is 49.4 Å². The van der Waals surface area contributed by atoms with E-state index >= 15 is 0 Å². The Hall–Kier alpha value is -3.04. The van der Waals surface area contributed by atoms with Crippen molar-refractivity contribution >= 4 is 31.4 Å². The van der Waals surface area contributed by atoms with Gasteiger partial charge in [0.25, 0.3) is 20.0 Å². The molecule has 3 aromatic rings. The summed E-state index contributed by atoms with van der Waals surface area (Å²) in [5.74, 6) is 0.370. The number of hydrogen-bond acceptors (Lipinski definition) is 5. The molecule has 158 valence electrons. The average Bonchev–Trinajstić information content (AvgIpc) is 2.69. The number of ether oxygens (including phenoxy) is 1. The minimum Gasteiger partial charge on any atom is -0.495 e. The van der Waals surface area contributed by atoms with E-state index in [-0.39, 0.29) is 21.2 Å². The molecule has 30 heavy (non-hydrogen) atoms. The summed E-state index contributed by atoms with van der Waals surface area (Å²) >= 11 is 0. The van der Waals surface area contributed by atoms with Gasteiger partial charge in [0.05, 0.1) is 28.3 Å². The van der Waals surface area contributed by atoms with Crippen LogP contribution in [-0.4, -0.2) is 23.9 Å². The predicted octanol–water partition coefficient (Wildman–Crippen LogP) is 3.91. The zero-order chi connectivity index (χ0) is 21.9. The highest BCUT2D eigenvalue weighted by Gasteiger charge is 2.21. The maximum atomic E-state index is 13.0. The Morgan fingerprint density at radius 1 is 0.767 bits per heavy atom. The smallest absolute Gasteiger partial charge is 0.262 e. The summed E-state index contributed by atoms with van der Waals surface area (Å²) in [6.07, 6.45) is 0. The molecule has 0 spiro atoms. The van der Waals surface area contributed by atoms with E-state index in [9.17, 15) is 16.8 Å². The molecular weight excluding hydrogens is 424 g/mol. The molecule has 9 heteroatoms. The summed E-state index contributed by atoms with van der Waals surface area (Å²) in [4.78, 5) is 0.0442. The van der Waals surface area contributed by atoms with Crippen molar-refractivity contribution in [2.24, 2.45) is 0 Å². The van der Waals surface area contributed by atoms with Crippen molar-refractivity contribution in [2.45, 2.75) is 23.6 Å². The molecule has 3 aromatic carbocycles. The van der Waals surface area contributed by atoms with E-state index in [4.69, 9.17) is 4.74 Å². The lowest BCUT2D eigenvalue weighted by atomic mass is 10.2. The minimum absolute atomic E-state index is 0.0440. The molecule has 0 aliphatic carbocycles. The molecule has 0 fully saturated rings. The lowest BCUT2D eigenvalue weighted by Crippen LogP contribution is -2.17. The topological polar surface area (TPSA) is 102 Å². The Morgan fingerprint density at radius 3 is 2.10 bits per heavy atom. The highest BCUT2D eigenvalue weighted by Crippen LogP contribution is 2.29. The normalized spacial score (nSPS) is 11.7. The summed E-state index contributed by atoms with van der Waals surface area (Å²) in [5, 5.41) is 0. The first-order valence-electron chi connectivity index (χ1n) is 8.98. The molecule has 0 aromatic heterocycles. The monoisotopic (exact) mass is 446 g/mol. The molecule has 0 unspecified atom stereocenters.